The number of ether oxygens (including phenoxy) is 1. The van der Waals surface area contributed by atoms with Crippen molar-refractivity contribution in [3.63, 3.8) is 0 Å². The Morgan fingerprint density at radius 1 is 1.07 bits per heavy atom. The molecule has 0 saturated heterocycles. The van der Waals surface area contributed by atoms with Crippen molar-refractivity contribution in [3.05, 3.63) is 36.3 Å². The van der Waals surface area contributed by atoms with Crippen molar-refractivity contribution in [1.29, 1.82) is 0 Å². The molecule has 0 spiro atoms. The number of aliphatic hydroxyl groups is 1. The molecule has 6 heteroatoms. The predicted octanol–water partition coefficient (Wildman–Crippen LogP) is 3.68. The molecule has 1 atom stereocenters. The molecule has 3 aromatic rings. The molecule has 27 heavy (non-hydrogen) atoms. The number of aromatic nitrogens is 4. The van der Waals surface area contributed by atoms with Gasteiger partial charge in [-0.2, -0.15) is 0 Å². The molecule has 1 saturated carbocycles. The van der Waals surface area contributed by atoms with Crippen molar-refractivity contribution in [2.75, 3.05) is 0 Å². The molecule has 140 valence electrons. The van der Waals surface area contributed by atoms with E-state index in [0.717, 1.165) is 66.8 Å². The molecule has 1 aliphatic carbocycles. The lowest BCUT2D eigenvalue weighted by molar-refractivity contribution is 0.0644. The Balaban J connectivity index is 1.44. The lowest BCUT2D eigenvalue weighted by Gasteiger charge is -2.25. The molecule has 2 aliphatic rings. The Bertz CT molecular complexity index is 975. The second-order valence-electron chi connectivity index (χ2n) is 7.76. The summed E-state index contributed by atoms with van der Waals surface area (Å²) in [6.45, 7) is 2.23. The number of imidazole rings is 1. The fourth-order valence-electron chi connectivity index (χ4n) is 4.26. The molecule has 1 fully saturated rings. The van der Waals surface area contributed by atoms with Crippen LogP contribution in [0.25, 0.3) is 22.4 Å². The molecule has 6 nitrogen and oxygen atoms in total. The summed E-state index contributed by atoms with van der Waals surface area (Å²) >= 11 is 0. The zero-order valence-electron chi connectivity index (χ0n) is 15.5. The highest BCUT2D eigenvalue weighted by Gasteiger charge is 2.24. The van der Waals surface area contributed by atoms with Crippen LogP contribution < -0.4 is 4.74 Å². The zero-order chi connectivity index (χ0) is 18.4. The first-order chi connectivity index (χ1) is 13.2. The van der Waals surface area contributed by atoms with Gasteiger partial charge in [0.05, 0.1) is 11.8 Å². The highest BCUT2D eigenvalue weighted by atomic mass is 16.5. The Kier molecular flexibility index (Phi) is 4.08. The number of fused-ring (bicyclic) bond motifs is 3. The van der Waals surface area contributed by atoms with Gasteiger partial charge in [-0.25, -0.2) is 15.0 Å². The van der Waals surface area contributed by atoms with Crippen LogP contribution in [0.15, 0.2) is 30.5 Å². The largest absolute Gasteiger partial charge is 0.474 e. The predicted molar refractivity (Wildman–Crippen MR) is 103 cm³/mol. The normalized spacial score (nSPS) is 24.9. The number of aliphatic hydroxyl groups excluding tert-OH is 1. The SMILES string of the molecule is C[C@H]1CCc2nc3ccc(-c4ccnc(OC5CCC(O)CC5)c4)nc3n21. The number of nitrogens with zero attached hydrogens (tertiary/aromatic N) is 4. The van der Waals surface area contributed by atoms with Gasteiger partial charge in [-0.15, -0.1) is 0 Å². The average molecular weight is 364 g/mol. The van der Waals surface area contributed by atoms with E-state index < -0.39 is 0 Å². The van der Waals surface area contributed by atoms with Crippen LogP contribution in [-0.4, -0.2) is 36.8 Å². The molecule has 4 heterocycles. The van der Waals surface area contributed by atoms with Crippen LogP contribution in [0.2, 0.25) is 0 Å². The Hall–Kier alpha value is -2.47. The number of rotatable bonds is 3. The van der Waals surface area contributed by atoms with Gasteiger partial charge in [0.2, 0.25) is 5.88 Å². The minimum Gasteiger partial charge on any atom is -0.474 e. The molecule has 5 rings (SSSR count). The third-order valence-corrected chi connectivity index (χ3v) is 5.80. The second kappa shape index (κ2) is 6.60. The van der Waals surface area contributed by atoms with Gasteiger partial charge in [0.1, 0.15) is 17.4 Å². The summed E-state index contributed by atoms with van der Waals surface area (Å²) < 4.78 is 8.33. The van der Waals surface area contributed by atoms with E-state index in [1.54, 1.807) is 6.20 Å². The van der Waals surface area contributed by atoms with Gasteiger partial charge in [-0.1, -0.05) is 0 Å². The summed E-state index contributed by atoms with van der Waals surface area (Å²) in [6.07, 6.45) is 7.22. The molecule has 0 bridgehead atoms. The van der Waals surface area contributed by atoms with Crippen LogP contribution in [0.1, 0.15) is 50.9 Å². The average Bonchev–Trinajstić information content (AvgIpc) is 3.23. The van der Waals surface area contributed by atoms with Crippen molar-refractivity contribution < 1.29 is 9.84 Å². The smallest absolute Gasteiger partial charge is 0.214 e. The molecular weight excluding hydrogens is 340 g/mol. The molecule has 1 N–H and O–H groups in total. The Morgan fingerprint density at radius 3 is 2.78 bits per heavy atom. The summed E-state index contributed by atoms with van der Waals surface area (Å²) in [7, 11) is 0. The van der Waals surface area contributed by atoms with E-state index in [0.29, 0.717) is 11.9 Å². The highest BCUT2D eigenvalue weighted by molar-refractivity contribution is 5.76. The van der Waals surface area contributed by atoms with Crippen molar-refractivity contribution in [3.8, 4) is 17.1 Å². The van der Waals surface area contributed by atoms with E-state index in [-0.39, 0.29) is 12.2 Å². The molecule has 0 amide bonds. The van der Waals surface area contributed by atoms with E-state index in [9.17, 15) is 5.11 Å². The van der Waals surface area contributed by atoms with Gasteiger partial charge in [0.25, 0.3) is 0 Å². The maximum atomic E-state index is 9.65. The molecular formula is C21H24N4O2. The van der Waals surface area contributed by atoms with E-state index in [4.69, 9.17) is 14.7 Å². The van der Waals surface area contributed by atoms with Crippen molar-refractivity contribution >= 4 is 11.2 Å². The van der Waals surface area contributed by atoms with Crippen LogP contribution in [0.4, 0.5) is 0 Å². The van der Waals surface area contributed by atoms with Gasteiger partial charge in [-0.05, 0) is 57.2 Å². The quantitative estimate of drug-likeness (QED) is 0.767. The first-order valence-corrected chi connectivity index (χ1v) is 9.86. The fraction of sp³-hybridized carbons (Fsp3) is 0.476. The van der Waals surface area contributed by atoms with Gasteiger partial charge in [-0.3, -0.25) is 0 Å². The molecule has 0 aromatic carbocycles. The summed E-state index contributed by atoms with van der Waals surface area (Å²) in [4.78, 5) is 14.0. The van der Waals surface area contributed by atoms with Crippen LogP contribution in [0.3, 0.4) is 0 Å². The van der Waals surface area contributed by atoms with Crippen LogP contribution >= 0.6 is 0 Å². The van der Waals surface area contributed by atoms with Crippen LogP contribution in [0, 0.1) is 0 Å². The maximum Gasteiger partial charge on any atom is 0.214 e. The second-order valence-corrected chi connectivity index (χ2v) is 7.76. The summed E-state index contributed by atoms with van der Waals surface area (Å²) in [5.41, 5.74) is 3.84. The van der Waals surface area contributed by atoms with Crippen molar-refractivity contribution in [2.24, 2.45) is 0 Å². The van der Waals surface area contributed by atoms with E-state index in [1.807, 2.05) is 18.2 Å². The minimum atomic E-state index is -0.181. The lowest BCUT2D eigenvalue weighted by atomic mass is 9.95. The standard InChI is InChI=1S/C21H24N4O2/c1-13-2-9-19-23-18-8-7-17(24-21(18)25(13)19)14-10-11-22-20(12-14)27-16-5-3-15(26)4-6-16/h7-8,10-13,15-16,26H,2-6,9H2,1H3/t13-,15?,16?/m0/s1. The molecule has 0 radical (unpaired) electrons. The molecule has 3 aromatic heterocycles. The third kappa shape index (κ3) is 3.08. The highest BCUT2D eigenvalue weighted by Crippen LogP contribution is 2.31. The van der Waals surface area contributed by atoms with E-state index in [2.05, 4.69) is 22.5 Å². The molecule has 0 unspecified atom stereocenters. The Morgan fingerprint density at radius 2 is 1.93 bits per heavy atom. The summed E-state index contributed by atoms with van der Waals surface area (Å²) in [5, 5.41) is 9.65. The number of hydrogen-bond donors (Lipinski definition) is 1. The number of aryl methyl sites for hydroxylation is 1. The monoisotopic (exact) mass is 364 g/mol. The van der Waals surface area contributed by atoms with Crippen molar-refractivity contribution in [1.82, 2.24) is 19.5 Å². The van der Waals surface area contributed by atoms with Crippen LogP contribution in [-0.2, 0) is 6.42 Å². The summed E-state index contributed by atoms with van der Waals surface area (Å²) in [6, 6.07) is 8.45. The van der Waals surface area contributed by atoms with E-state index in [1.165, 1.54) is 0 Å². The van der Waals surface area contributed by atoms with Crippen LogP contribution in [0.5, 0.6) is 5.88 Å². The molecule has 1 aliphatic heterocycles. The van der Waals surface area contributed by atoms with Gasteiger partial charge >= 0.3 is 0 Å². The topological polar surface area (TPSA) is 73.1 Å². The lowest BCUT2D eigenvalue weighted by Crippen LogP contribution is -2.26. The van der Waals surface area contributed by atoms with Crippen molar-refractivity contribution in [2.45, 2.75) is 63.7 Å². The maximum absolute atomic E-state index is 9.65. The zero-order valence-corrected chi connectivity index (χ0v) is 15.5. The van der Waals surface area contributed by atoms with Gasteiger partial charge in [0.15, 0.2) is 5.65 Å². The first kappa shape index (κ1) is 16.7. The van der Waals surface area contributed by atoms with E-state index >= 15 is 0 Å². The Labute approximate surface area is 158 Å². The number of pyridine rings is 2. The van der Waals surface area contributed by atoms with Gasteiger partial charge < -0.3 is 14.4 Å². The number of hydrogen-bond acceptors (Lipinski definition) is 5. The summed E-state index contributed by atoms with van der Waals surface area (Å²) in [5.74, 6) is 1.77. The third-order valence-electron chi connectivity index (χ3n) is 5.80. The minimum absolute atomic E-state index is 0.130. The van der Waals surface area contributed by atoms with Gasteiger partial charge in [0, 0.05) is 30.3 Å². The first-order valence-electron chi connectivity index (χ1n) is 9.86. The fourth-order valence-corrected chi connectivity index (χ4v) is 4.26.